The first-order chi connectivity index (χ1) is 10.3. The summed E-state index contributed by atoms with van der Waals surface area (Å²) in [6.07, 6.45) is 1.77. The van der Waals surface area contributed by atoms with E-state index in [1.165, 1.54) is 11.0 Å². The van der Waals surface area contributed by atoms with E-state index in [1.807, 2.05) is 6.92 Å². The third-order valence-corrected chi connectivity index (χ3v) is 6.29. The molecule has 0 spiro atoms. The Balaban J connectivity index is 2.63. The van der Waals surface area contributed by atoms with Gasteiger partial charge >= 0.3 is 0 Å². The van der Waals surface area contributed by atoms with Crippen LogP contribution in [0.2, 0.25) is 10.0 Å². The minimum atomic E-state index is -3.65. The third-order valence-electron chi connectivity index (χ3n) is 3.73. The first-order valence-corrected chi connectivity index (χ1v) is 9.85. The molecule has 0 bridgehead atoms. The largest absolute Gasteiger partial charge is 0.335 e. The van der Waals surface area contributed by atoms with Crippen molar-refractivity contribution in [2.45, 2.75) is 44.6 Å². The first-order valence-electron chi connectivity index (χ1n) is 7.61. The zero-order valence-corrected chi connectivity index (χ0v) is 15.7. The minimum absolute atomic E-state index is 0.0304. The summed E-state index contributed by atoms with van der Waals surface area (Å²) >= 11 is 11.9. The van der Waals surface area contributed by atoms with Gasteiger partial charge in [0.15, 0.2) is 0 Å². The van der Waals surface area contributed by atoms with Crippen LogP contribution in [-0.2, 0) is 10.0 Å². The van der Waals surface area contributed by atoms with Crippen LogP contribution in [0.3, 0.4) is 0 Å². The molecular weight excluding hydrogens is 343 g/mol. The number of rotatable bonds is 9. The van der Waals surface area contributed by atoms with Crippen molar-refractivity contribution >= 4 is 33.2 Å². The Bertz CT molecular complexity index is 575. The van der Waals surface area contributed by atoms with Crippen molar-refractivity contribution in [1.82, 2.24) is 4.72 Å². The Kier molecular flexibility index (Phi) is 8.14. The van der Waals surface area contributed by atoms with Gasteiger partial charge in [0.1, 0.15) is 4.90 Å². The van der Waals surface area contributed by atoms with Gasteiger partial charge in [-0.05, 0) is 45.7 Å². The third kappa shape index (κ3) is 5.70. The molecule has 0 aromatic heterocycles. The predicted molar refractivity (Wildman–Crippen MR) is 92.4 cm³/mol. The van der Waals surface area contributed by atoms with E-state index in [1.54, 1.807) is 12.1 Å². The molecule has 2 N–H and O–H groups in total. The van der Waals surface area contributed by atoms with Crippen molar-refractivity contribution in [3.05, 3.63) is 28.2 Å². The van der Waals surface area contributed by atoms with Crippen LogP contribution in [0.15, 0.2) is 23.1 Å². The molecule has 0 saturated heterocycles. The van der Waals surface area contributed by atoms with E-state index in [9.17, 15) is 8.42 Å². The number of benzene rings is 1. The molecule has 1 rings (SSSR count). The summed E-state index contributed by atoms with van der Waals surface area (Å²) in [5.74, 6) is 0. The summed E-state index contributed by atoms with van der Waals surface area (Å²) in [6, 6.07) is 4.47. The van der Waals surface area contributed by atoms with E-state index in [2.05, 4.69) is 18.6 Å². The van der Waals surface area contributed by atoms with Crippen molar-refractivity contribution in [2.24, 2.45) is 0 Å². The fraction of sp³-hybridized carbons (Fsp3) is 0.600. The molecule has 0 saturated carbocycles. The van der Waals surface area contributed by atoms with Gasteiger partial charge in [0.2, 0.25) is 10.0 Å². The van der Waals surface area contributed by atoms with E-state index in [-0.39, 0.29) is 21.0 Å². The Morgan fingerprint density at radius 3 is 2.45 bits per heavy atom. The van der Waals surface area contributed by atoms with E-state index in [0.29, 0.717) is 0 Å². The molecule has 4 nitrogen and oxygen atoms in total. The van der Waals surface area contributed by atoms with Gasteiger partial charge in [0.25, 0.3) is 0 Å². The lowest BCUT2D eigenvalue weighted by Crippen LogP contribution is -3.11. The molecule has 0 heterocycles. The molecule has 0 fully saturated rings. The van der Waals surface area contributed by atoms with Gasteiger partial charge in [0, 0.05) is 6.04 Å². The van der Waals surface area contributed by atoms with E-state index < -0.39 is 10.0 Å². The molecular formula is C15H25Cl2N2O2S+. The summed E-state index contributed by atoms with van der Waals surface area (Å²) in [5.41, 5.74) is 0. The molecule has 0 radical (unpaired) electrons. The normalized spacial score (nSPS) is 13.5. The lowest BCUT2D eigenvalue weighted by Gasteiger charge is -2.18. The van der Waals surface area contributed by atoms with Gasteiger partial charge in [0.05, 0.1) is 29.7 Å². The average Bonchev–Trinajstić information content (AvgIpc) is 2.45. The highest BCUT2D eigenvalue weighted by molar-refractivity contribution is 7.89. The van der Waals surface area contributed by atoms with Crippen molar-refractivity contribution in [2.75, 3.05) is 19.6 Å². The van der Waals surface area contributed by atoms with Crippen LogP contribution in [0, 0.1) is 0 Å². The molecule has 1 aromatic carbocycles. The second-order valence-electron chi connectivity index (χ2n) is 5.42. The van der Waals surface area contributed by atoms with Gasteiger partial charge < -0.3 is 4.90 Å². The van der Waals surface area contributed by atoms with E-state index >= 15 is 0 Å². The minimum Gasteiger partial charge on any atom is -0.335 e. The van der Waals surface area contributed by atoms with Gasteiger partial charge in [-0.3, -0.25) is 0 Å². The van der Waals surface area contributed by atoms with Crippen LogP contribution in [0.5, 0.6) is 0 Å². The monoisotopic (exact) mass is 367 g/mol. The number of sulfonamides is 1. The fourth-order valence-electron chi connectivity index (χ4n) is 2.34. The standard InChI is InChI=1S/C15H24Cl2N2O2S/c1-4-19(5-2)11-7-8-12(3)18-22(20,21)14-10-6-9-13(16)15(14)17/h6,9-10,12,18H,4-5,7-8,11H2,1-3H3/p+1/t12-/m1/s1. The summed E-state index contributed by atoms with van der Waals surface area (Å²) in [6.45, 7) is 9.42. The summed E-state index contributed by atoms with van der Waals surface area (Å²) in [4.78, 5) is 1.55. The Hall–Kier alpha value is -0.330. The van der Waals surface area contributed by atoms with Gasteiger partial charge in [-0.15, -0.1) is 0 Å². The van der Waals surface area contributed by atoms with Crippen LogP contribution in [0.25, 0.3) is 0 Å². The highest BCUT2D eigenvalue weighted by Gasteiger charge is 2.21. The van der Waals surface area contributed by atoms with Crippen LogP contribution in [0.4, 0.5) is 0 Å². The molecule has 0 amide bonds. The second kappa shape index (κ2) is 9.08. The molecule has 1 aromatic rings. The maximum Gasteiger partial charge on any atom is 0.242 e. The van der Waals surface area contributed by atoms with Crippen molar-refractivity contribution in [3.8, 4) is 0 Å². The van der Waals surface area contributed by atoms with E-state index in [0.717, 1.165) is 32.5 Å². The Labute approximate surface area is 143 Å². The number of quaternary nitrogens is 1. The molecule has 0 aliphatic rings. The highest BCUT2D eigenvalue weighted by atomic mass is 35.5. The number of hydrogen-bond acceptors (Lipinski definition) is 2. The Morgan fingerprint density at radius 2 is 1.86 bits per heavy atom. The van der Waals surface area contributed by atoms with Crippen molar-refractivity contribution < 1.29 is 13.3 Å². The van der Waals surface area contributed by atoms with Crippen LogP contribution >= 0.6 is 23.2 Å². The zero-order valence-electron chi connectivity index (χ0n) is 13.3. The average molecular weight is 368 g/mol. The van der Waals surface area contributed by atoms with Crippen molar-refractivity contribution in [3.63, 3.8) is 0 Å². The topological polar surface area (TPSA) is 50.6 Å². The lowest BCUT2D eigenvalue weighted by molar-refractivity contribution is -0.896. The smallest absolute Gasteiger partial charge is 0.242 e. The molecule has 0 unspecified atom stereocenters. The second-order valence-corrected chi connectivity index (χ2v) is 7.89. The molecule has 1 atom stereocenters. The van der Waals surface area contributed by atoms with Gasteiger partial charge in [-0.25, -0.2) is 13.1 Å². The molecule has 7 heteroatoms. The lowest BCUT2D eigenvalue weighted by atomic mass is 10.2. The quantitative estimate of drug-likeness (QED) is 0.703. The number of halogens is 2. The predicted octanol–water partition coefficient (Wildman–Crippen LogP) is 2.37. The Morgan fingerprint density at radius 1 is 1.23 bits per heavy atom. The van der Waals surface area contributed by atoms with Crippen LogP contribution < -0.4 is 9.62 Å². The van der Waals surface area contributed by atoms with Crippen LogP contribution in [0.1, 0.15) is 33.6 Å². The summed E-state index contributed by atoms with van der Waals surface area (Å²) in [7, 11) is -3.65. The highest BCUT2D eigenvalue weighted by Crippen LogP contribution is 2.28. The summed E-state index contributed by atoms with van der Waals surface area (Å²) < 4.78 is 27.4. The first kappa shape index (κ1) is 19.7. The van der Waals surface area contributed by atoms with Gasteiger partial charge in [-0.1, -0.05) is 29.3 Å². The maximum atomic E-state index is 12.4. The maximum absolute atomic E-state index is 12.4. The molecule has 126 valence electrons. The molecule has 22 heavy (non-hydrogen) atoms. The molecule has 0 aliphatic carbocycles. The number of nitrogens with one attached hydrogen (secondary N) is 2. The van der Waals surface area contributed by atoms with Gasteiger partial charge in [-0.2, -0.15) is 0 Å². The zero-order chi connectivity index (χ0) is 16.8. The SMILES string of the molecule is CC[NH+](CC)CCC[C@@H](C)NS(=O)(=O)c1cccc(Cl)c1Cl. The molecule has 0 aliphatic heterocycles. The fourth-order valence-corrected chi connectivity index (χ4v) is 4.38. The van der Waals surface area contributed by atoms with Crippen LogP contribution in [-0.4, -0.2) is 34.1 Å². The van der Waals surface area contributed by atoms with Crippen molar-refractivity contribution in [1.29, 1.82) is 0 Å². The number of hydrogen-bond donors (Lipinski definition) is 2. The summed E-state index contributed by atoms with van der Waals surface area (Å²) in [5, 5.41) is 0.304. The van der Waals surface area contributed by atoms with E-state index in [4.69, 9.17) is 23.2 Å².